The summed E-state index contributed by atoms with van der Waals surface area (Å²) >= 11 is 1.38. The van der Waals surface area contributed by atoms with E-state index in [0.717, 1.165) is 37.3 Å². The van der Waals surface area contributed by atoms with Crippen LogP contribution in [0.1, 0.15) is 29.7 Å². The molecule has 2 fully saturated rings. The Morgan fingerprint density at radius 2 is 2.34 bits per heavy atom. The van der Waals surface area contributed by atoms with Crippen LogP contribution in [-0.4, -0.2) is 60.8 Å². The van der Waals surface area contributed by atoms with Gasteiger partial charge in [0, 0.05) is 44.3 Å². The van der Waals surface area contributed by atoms with Crippen LogP contribution in [0, 0.1) is 5.82 Å². The lowest BCUT2D eigenvalue weighted by molar-refractivity contribution is -0.146. The summed E-state index contributed by atoms with van der Waals surface area (Å²) in [5, 5.41) is 3.42. The molecule has 1 spiro atoms. The zero-order chi connectivity index (χ0) is 20.3. The fourth-order valence-electron chi connectivity index (χ4n) is 4.33. The number of nitrogens with zero attached hydrogens (tertiary/aromatic N) is 2. The van der Waals surface area contributed by atoms with Gasteiger partial charge in [-0.05, 0) is 30.9 Å². The summed E-state index contributed by atoms with van der Waals surface area (Å²) in [6, 6.07) is 6.70. The molecule has 8 heteroatoms. The maximum absolute atomic E-state index is 13.8. The van der Waals surface area contributed by atoms with Gasteiger partial charge in [0.15, 0.2) is 5.13 Å². The van der Waals surface area contributed by atoms with Gasteiger partial charge in [0.1, 0.15) is 11.4 Å². The van der Waals surface area contributed by atoms with Crippen LogP contribution in [0.5, 0.6) is 0 Å². The standard InChI is InChI=1S/C21H26FN3O3S/c1-27-18-7-9-25(14-21(18)8-4-10-28-21)13-19(26)24-20-23-12-16(29-20)11-15-5-2-3-6-17(15)22/h2-3,5-6,12,18H,4,7-11,13-14H2,1H3,(H,23,24,26)/t18-,21-/m1/s1. The lowest BCUT2D eigenvalue weighted by atomic mass is 9.87. The van der Waals surface area contributed by atoms with Crippen molar-refractivity contribution in [1.82, 2.24) is 9.88 Å². The molecule has 0 bridgehead atoms. The third-order valence-electron chi connectivity index (χ3n) is 5.69. The topological polar surface area (TPSA) is 63.7 Å². The Bertz CT molecular complexity index is 853. The van der Waals surface area contributed by atoms with Crippen LogP contribution < -0.4 is 5.32 Å². The largest absolute Gasteiger partial charge is 0.378 e. The number of ether oxygens (including phenoxy) is 2. The highest BCUT2D eigenvalue weighted by Crippen LogP contribution is 2.36. The lowest BCUT2D eigenvalue weighted by Gasteiger charge is -2.44. The Balaban J connectivity index is 1.32. The Kier molecular flexibility index (Phi) is 6.24. The number of hydrogen-bond donors (Lipinski definition) is 1. The first kappa shape index (κ1) is 20.4. The molecule has 4 rings (SSSR count). The number of benzene rings is 1. The van der Waals surface area contributed by atoms with Gasteiger partial charge in [0.2, 0.25) is 5.91 Å². The Morgan fingerprint density at radius 3 is 3.10 bits per heavy atom. The van der Waals surface area contributed by atoms with Crippen LogP contribution in [0.2, 0.25) is 0 Å². The van der Waals surface area contributed by atoms with Gasteiger partial charge in [-0.25, -0.2) is 9.37 Å². The fourth-order valence-corrected chi connectivity index (χ4v) is 5.18. The molecule has 156 valence electrons. The van der Waals surface area contributed by atoms with E-state index in [4.69, 9.17) is 9.47 Å². The monoisotopic (exact) mass is 419 g/mol. The highest BCUT2D eigenvalue weighted by Gasteiger charge is 2.47. The number of methoxy groups -OCH3 is 1. The highest BCUT2D eigenvalue weighted by atomic mass is 32.1. The number of likely N-dealkylation sites (tertiary alicyclic amines) is 1. The van der Waals surface area contributed by atoms with Crippen molar-refractivity contribution in [3.05, 3.63) is 46.7 Å². The molecule has 1 aromatic heterocycles. The molecule has 1 N–H and O–H groups in total. The number of carbonyl (C=O) groups excluding carboxylic acids is 1. The molecule has 2 aromatic rings. The summed E-state index contributed by atoms with van der Waals surface area (Å²) in [5.41, 5.74) is 0.332. The van der Waals surface area contributed by atoms with E-state index in [0.29, 0.717) is 30.2 Å². The third kappa shape index (κ3) is 4.66. The SMILES string of the molecule is CO[C@@H]1CCN(CC(=O)Nc2ncc(Cc3ccccc3F)s2)C[C@]12CCCO2. The van der Waals surface area contributed by atoms with E-state index in [1.807, 2.05) is 6.07 Å². The molecule has 0 radical (unpaired) electrons. The van der Waals surface area contributed by atoms with E-state index >= 15 is 0 Å². The molecule has 2 aliphatic rings. The number of piperidine rings is 1. The van der Waals surface area contributed by atoms with Crippen molar-refractivity contribution >= 4 is 22.4 Å². The molecule has 0 unspecified atom stereocenters. The molecule has 2 atom stereocenters. The van der Waals surface area contributed by atoms with Gasteiger partial charge >= 0.3 is 0 Å². The van der Waals surface area contributed by atoms with Crippen molar-refractivity contribution in [2.24, 2.45) is 0 Å². The van der Waals surface area contributed by atoms with Gasteiger partial charge in [0.25, 0.3) is 0 Å². The second-order valence-electron chi connectivity index (χ2n) is 7.69. The first-order chi connectivity index (χ1) is 14.1. The van der Waals surface area contributed by atoms with E-state index in [2.05, 4.69) is 15.2 Å². The molecule has 2 saturated heterocycles. The van der Waals surface area contributed by atoms with Gasteiger partial charge < -0.3 is 14.8 Å². The normalized spacial score (nSPS) is 24.8. The molecule has 1 amide bonds. The maximum atomic E-state index is 13.8. The number of carbonyl (C=O) groups is 1. The van der Waals surface area contributed by atoms with E-state index in [1.165, 1.54) is 17.4 Å². The zero-order valence-electron chi connectivity index (χ0n) is 16.5. The smallest absolute Gasteiger partial charge is 0.240 e. The number of halogens is 1. The lowest BCUT2D eigenvalue weighted by Crippen LogP contribution is -2.58. The Morgan fingerprint density at radius 1 is 1.48 bits per heavy atom. The number of hydrogen-bond acceptors (Lipinski definition) is 6. The van der Waals surface area contributed by atoms with Crippen molar-refractivity contribution in [2.75, 3.05) is 38.7 Å². The molecule has 0 aliphatic carbocycles. The first-order valence-corrected chi connectivity index (χ1v) is 10.8. The van der Waals surface area contributed by atoms with Crippen LogP contribution in [0.4, 0.5) is 9.52 Å². The van der Waals surface area contributed by atoms with Crippen LogP contribution in [0.3, 0.4) is 0 Å². The summed E-state index contributed by atoms with van der Waals surface area (Å²) in [6.45, 7) is 2.55. The molecular formula is C21H26FN3O3S. The van der Waals surface area contributed by atoms with Crippen LogP contribution >= 0.6 is 11.3 Å². The quantitative estimate of drug-likeness (QED) is 0.780. The number of anilines is 1. The van der Waals surface area contributed by atoms with Crippen molar-refractivity contribution in [2.45, 2.75) is 37.4 Å². The van der Waals surface area contributed by atoms with E-state index in [1.54, 1.807) is 25.4 Å². The molecule has 6 nitrogen and oxygen atoms in total. The van der Waals surface area contributed by atoms with Crippen LogP contribution in [0.25, 0.3) is 0 Å². The minimum atomic E-state index is -0.290. The molecule has 29 heavy (non-hydrogen) atoms. The molecule has 0 saturated carbocycles. The molecule has 2 aliphatic heterocycles. The predicted octanol–water partition coefficient (Wildman–Crippen LogP) is 3.08. The summed E-state index contributed by atoms with van der Waals surface area (Å²) in [7, 11) is 1.73. The number of nitrogens with one attached hydrogen (secondary N) is 1. The maximum Gasteiger partial charge on any atom is 0.240 e. The molecule has 1 aromatic carbocycles. The van der Waals surface area contributed by atoms with Crippen molar-refractivity contribution in [3.8, 4) is 0 Å². The first-order valence-electron chi connectivity index (χ1n) is 9.95. The van der Waals surface area contributed by atoms with E-state index in [9.17, 15) is 9.18 Å². The Labute approximate surface area is 174 Å². The van der Waals surface area contributed by atoms with Crippen LogP contribution in [0.15, 0.2) is 30.5 Å². The summed E-state index contributed by atoms with van der Waals surface area (Å²) in [4.78, 5) is 19.8. The van der Waals surface area contributed by atoms with Crippen molar-refractivity contribution in [1.29, 1.82) is 0 Å². The summed E-state index contributed by atoms with van der Waals surface area (Å²) in [6.07, 6.45) is 5.10. The van der Waals surface area contributed by atoms with Gasteiger partial charge in [-0.3, -0.25) is 9.69 Å². The Hall–Kier alpha value is -1.87. The average Bonchev–Trinajstić information content (AvgIpc) is 3.34. The fraction of sp³-hybridized carbons (Fsp3) is 0.524. The third-order valence-corrected chi connectivity index (χ3v) is 6.61. The number of thiazole rings is 1. The van der Waals surface area contributed by atoms with Crippen molar-refractivity contribution < 1.29 is 18.7 Å². The predicted molar refractivity (Wildman–Crippen MR) is 110 cm³/mol. The number of rotatable bonds is 6. The zero-order valence-corrected chi connectivity index (χ0v) is 17.3. The minimum absolute atomic E-state index is 0.0872. The van der Waals surface area contributed by atoms with Gasteiger partial charge in [-0.1, -0.05) is 18.2 Å². The van der Waals surface area contributed by atoms with Gasteiger partial charge in [-0.15, -0.1) is 11.3 Å². The average molecular weight is 420 g/mol. The van der Waals surface area contributed by atoms with E-state index < -0.39 is 0 Å². The summed E-state index contributed by atoms with van der Waals surface area (Å²) < 4.78 is 25.5. The molecular weight excluding hydrogens is 393 g/mol. The van der Waals surface area contributed by atoms with Gasteiger partial charge in [-0.2, -0.15) is 0 Å². The number of amides is 1. The second kappa shape index (κ2) is 8.87. The summed E-state index contributed by atoms with van der Waals surface area (Å²) in [5.74, 6) is -0.324. The van der Waals surface area contributed by atoms with Gasteiger partial charge in [0.05, 0.1) is 12.6 Å². The van der Waals surface area contributed by atoms with Crippen LogP contribution in [-0.2, 0) is 20.7 Å². The number of aromatic nitrogens is 1. The highest BCUT2D eigenvalue weighted by molar-refractivity contribution is 7.15. The molecule has 3 heterocycles. The van der Waals surface area contributed by atoms with E-state index in [-0.39, 0.29) is 23.4 Å². The minimum Gasteiger partial charge on any atom is -0.378 e. The second-order valence-corrected chi connectivity index (χ2v) is 8.80. The van der Waals surface area contributed by atoms with Crippen molar-refractivity contribution in [3.63, 3.8) is 0 Å².